The summed E-state index contributed by atoms with van der Waals surface area (Å²) in [6.07, 6.45) is 0. The highest BCUT2D eigenvalue weighted by Crippen LogP contribution is 1.96. The Hall–Kier alpha value is -1.92. The van der Waals surface area contributed by atoms with Crippen LogP contribution in [0, 0.1) is 0 Å². The van der Waals surface area contributed by atoms with Gasteiger partial charge in [0.25, 0.3) is 0 Å². The lowest BCUT2D eigenvalue weighted by Crippen LogP contribution is -2.43. The van der Waals surface area contributed by atoms with Crippen molar-refractivity contribution in [2.75, 3.05) is 26.8 Å². The van der Waals surface area contributed by atoms with Gasteiger partial charge in [-0.3, -0.25) is 14.9 Å². The number of rotatable bonds is 9. The van der Waals surface area contributed by atoms with Gasteiger partial charge in [-0.2, -0.15) is 0 Å². The van der Waals surface area contributed by atoms with Gasteiger partial charge in [-0.25, -0.2) is 0 Å². The number of carbonyl (C=O) groups is 2. The van der Waals surface area contributed by atoms with Gasteiger partial charge >= 0.3 is 0 Å². The summed E-state index contributed by atoms with van der Waals surface area (Å²) in [7, 11) is 1.58. The van der Waals surface area contributed by atoms with Crippen molar-refractivity contribution in [2.45, 2.75) is 19.5 Å². The SMILES string of the molecule is COCC(C)NC(=O)CNCC(=O)NCc1ccccc1. The molecule has 1 aromatic rings. The first-order valence-electron chi connectivity index (χ1n) is 6.91. The quantitative estimate of drug-likeness (QED) is 0.601. The van der Waals surface area contributed by atoms with Crippen molar-refractivity contribution in [2.24, 2.45) is 0 Å². The molecule has 0 bridgehead atoms. The molecule has 0 radical (unpaired) electrons. The highest BCUT2D eigenvalue weighted by Gasteiger charge is 2.07. The zero-order valence-corrected chi connectivity index (χ0v) is 12.5. The predicted octanol–water partition coefficient (Wildman–Crippen LogP) is 0.0435. The van der Waals surface area contributed by atoms with Crippen molar-refractivity contribution in [3.05, 3.63) is 35.9 Å². The summed E-state index contributed by atoms with van der Waals surface area (Å²) in [5, 5.41) is 8.34. The van der Waals surface area contributed by atoms with Crippen molar-refractivity contribution in [3.63, 3.8) is 0 Å². The molecule has 0 aromatic heterocycles. The lowest BCUT2D eigenvalue weighted by atomic mass is 10.2. The Kier molecular flexibility index (Phi) is 8.08. The Morgan fingerprint density at radius 3 is 2.48 bits per heavy atom. The molecule has 1 aromatic carbocycles. The van der Waals surface area contributed by atoms with E-state index in [9.17, 15) is 9.59 Å². The molecule has 3 N–H and O–H groups in total. The highest BCUT2D eigenvalue weighted by molar-refractivity contribution is 5.81. The van der Waals surface area contributed by atoms with Crippen LogP contribution < -0.4 is 16.0 Å². The third kappa shape index (κ3) is 8.06. The average Bonchev–Trinajstić information content (AvgIpc) is 2.46. The van der Waals surface area contributed by atoms with Crippen LogP contribution in [0.3, 0.4) is 0 Å². The van der Waals surface area contributed by atoms with E-state index in [2.05, 4.69) is 16.0 Å². The summed E-state index contributed by atoms with van der Waals surface area (Å²) in [5.74, 6) is -0.299. The number of carbonyl (C=O) groups excluding carboxylic acids is 2. The minimum Gasteiger partial charge on any atom is -0.383 e. The second-order valence-corrected chi connectivity index (χ2v) is 4.79. The smallest absolute Gasteiger partial charge is 0.234 e. The molecule has 0 aliphatic rings. The maximum absolute atomic E-state index is 11.6. The van der Waals surface area contributed by atoms with E-state index in [-0.39, 0.29) is 30.9 Å². The topological polar surface area (TPSA) is 79.5 Å². The van der Waals surface area contributed by atoms with Crippen molar-refractivity contribution >= 4 is 11.8 Å². The molecule has 1 rings (SSSR count). The number of hydrogen-bond acceptors (Lipinski definition) is 4. The molecule has 0 aliphatic carbocycles. The van der Waals surface area contributed by atoms with E-state index in [0.29, 0.717) is 13.2 Å². The Balaban J connectivity index is 2.11. The van der Waals surface area contributed by atoms with E-state index < -0.39 is 0 Å². The molecule has 0 saturated heterocycles. The Labute approximate surface area is 125 Å². The molecule has 1 unspecified atom stereocenters. The van der Waals surface area contributed by atoms with Gasteiger partial charge in [0.15, 0.2) is 0 Å². The molecule has 0 aliphatic heterocycles. The fourth-order valence-corrected chi connectivity index (χ4v) is 1.77. The van der Waals surface area contributed by atoms with Crippen LogP contribution in [0.1, 0.15) is 12.5 Å². The summed E-state index contributed by atoms with van der Waals surface area (Å²) >= 11 is 0. The number of ether oxygens (including phenoxy) is 1. The lowest BCUT2D eigenvalue weighted by Gasteiger charge is -2.13. The number of amides is 2. The van der Waals surface area contributed by atoms with Gasteiger partial charge in [0.1, 0.15) is 0 Å². The van der Waals surface area contributed by atoms with Gasteiger partial charge in [0.05, 0.1) is 19.7 Å². The third-order valence-electron chi connectivity index (χ3n) is 2.73. The Morgan fingerprint density at radius 1 is 1.14 bits per heavy atom. The van der Waals surface area contributed by atoms with Crippen LogP contribution in [0.4, 0.5) is 0 Å². The fraction of sp³-hybridized carbons (Fsp3) is 0.467. The van der Waals surface area contributed by atoms with Crippen LogP contribution in [-0.4, -0.2) is 44.7 Å². The van der Waals surface area contributed by atoms with Crippen molar-refractivity contribution in [1.82, 2.24) is 16.0 Å². The van der Waals surface area contributed by atoms with Crippen molar-refractivity contribution < 1.29 is 14.3 Å². The summed E-state index contributed by atoms with van der Waals surface area (Å²) in [6.45, 7) is 3.02. The largest absolute Gasteiger partial charge is 0.383 e. The molecule has 6 heteroatoms. The first-order chi connectivity index (χ1) is 10.1. The summed E-state index contributed by atoms with van der Waals surface area (Å²) < 4.78 is 4.92. The molecule has 6 nitrogen and oxygen atoms in total. The van der Waals surface area contributed by atoms with Gasteiger partial charge in [-0.15, -0.1) is 0 Å². The molecule has 116 valence electrons. The number of methoxy groups -OCH3 is 1. The number of nitrogens with one attached hydrogen (secondary N) is 3. The van der Waals surface area contributed by atoms with Gasteiger partial charge in [0.2, 0.25) is 11.8 Å². The van der Waals surface area contributed by atoms with Crippen LogP contribution in [0.2, 0.25) is 0 Å². The third-order valence-corrected chi connectivity index (χ3v) is 2.73. The molecule has 1 atom stereocenters. The van der Waals surface area contributed by atoms with Crippen molar-refractivity contribution in [1.29, 1.82) is 0 Å². The number of benzene rings is 1. The molecular formula is C15H23N3O3. The van der Waals surface area contributed by atoms with Crippen LogP contribution >= 0.6 is 0 Å². The predicted molar refractivity (Wildman–Crippen MR) is 80.6 cm³/mol. The molecule has 0 spiro atoms. The van der Waals surface area contributed by atoms with Gasteiger partial charge in [-0.05, 0) is 12.5 Å². The summed E-state index contributed by atoms with van der Waals surface area (Å²) in [5.41, 5.74) is 1.04. The Morgan fingerprint density at radius 2 is 1.81 bits per heavy atom. The standard InChI is InChI=1S/C15H23N3O3/c1-12(11-21-2)18-15(20)10-16-9-14(19)17-8-13-6-4-3-5-7-13/h3-7,12,16H,8-11H2,1-2H3,(H,17,19)(H,18,20). The van der Waals surface area contributed by atoms with E-state index in [4.69, 9.17) is 4.74 Å². The van der Waals surface area contributed by atoms with Gasteiger partial charge in [0, 0.05) is 19.7 Å². The van der Waals surface area contributed by atoms with Crippen LogP contribution in [0.5, 0.6) is 0 Å². The number of hydrogen-bond donors (Lipinski definition) is 3. The van der Waals surface area contributed by atoms with Crippen LogP contribution in [-0.2, 0) is 20.9 Å². The van der Waals surface area contributed by atoms with E-state index in [0.717, 1.165) is 5.56 Å². The van der Waals surface area contributed by atoms with Gasteiger partial charge in [-0.1, -0.05) is 30.3 Å². The monoisotopic (exact) mass is 293 g/mol. The molecule has 0 saturated carbocycles. The first-order valence-corrected chi connectivity index (χ1v) is 6.91. The van der Waals surface area contributed by atoms with Crippen molar-refractivity contribution in [3.8, 4) is 0 Å². The van der Waals surface area contributed by atoms with Gasteiger partial charge < -0.3 is 15.4 Å². The molecule has 0 heterocycles. The first kappa shape index (κ1) is 17.1. The fourth-order valence-electron chi connectivity index (χ4n) is 1.77. The lowest BCUT2D eigenvalue weighted by molar-refractivity contribution is -0.122. The van der Waals surface area contributed by atoms with E-state index in [1.165, 1.54) is 0 Å². The van der Waals surface area contributed by atoms with E-state index in [1.807, 2.05) is 37.3 Å². The molecule has 21 heavy (non-hydrogen) atoms. The molecular weight excluding hydrogens is 270 g/mol. The molecule has 0 fully saturated rings. The zero-order valence-electron chi connectivity index (χ0n) is 12.5. The second-order valence-electron chi connectivity index (χ2n) is 4.79. The second kappa shape index (κ2) is 9.90. The normalized spacial score (nSPS) is 11.7. The highest BCUT2D eigenvalue weighted by atomic mass is 16.5. The van der Waals surface area contributed by atoms with E-state index in [1.54, 1.807) is 7.11 Å². The maximum Gasteiger partial charge on any atom is 0.234 e. The van der Waals surface area contributed by atoms with E-state index >= 15 is 0 Å². The summed E-state index contributed by atoms with van der Waals surface area (Å²) in [6, 6.07) is 9.61. The minimum absolute atomic E-state index is 0.0452. The molecule has 2 amide bonds. The Bertz CT molecular complexity index is 437. The van der Waals surface area contributed by atoms with Crippen LogP contribution in [0.25, 0.3) is 0 Å². The average molecular weight is 293 g/mol. The van der Waals surface area contributed by atoms with Crippen LogP contribution in [0.15, 0.2) is 30.3 Å². The minimum atomic E-state index is -0.157. The maximum atomic E-state index is 11.6. The summed E-state index contributed by atoms with van der Waals surface area (Å²) in [4.78, 5) is 23.1. The zero-order chi connectivity index (χ0) is 15.5.